The van der Waals surface area contributed by atoms with Gasteiger partial charge >= 0.3 is 0 Å². The Hall–Kier alpha value is -2.58. The number of methoxy groups -OCH3 is 3. The van der Waals surface area contributed by atoms with Gasteiger partial charge in [0.25, 0.3) is 0 Å². The standard InChI is InChI=1S/C20H19BrN2O4S/c1-25-16-8-14(9-17(26-2)19(16)27-3)22-18(24)10-15-11-28-20(23-15)12-5-4-6-13(21)7-12/h4-9,11H,10H2,1-3H3,(H,22,24). The number of nitrogens with zero attached hydrogens (tertiary/aromatic N) is 1. The fourth-order valence-corrected chi connectivity index (χ4v) is 3.88. The molecule has 28 heavy (non-hydrogen) atoms. The van der Waals surface area contributed by atoms with Crippen LogP contribution in [0.1, 0.15) is 5.69 Å². The molecule has 0 saturated heterocycles. The second kappa shape index (κ2) is 9.07. The third-order valence-electron chi connectivity index (χ3n) is 3.91. The van der Waals surface area contributed by atoms with Crippen molar-refractivity contribution >= 4 is 38.9 Å². The van der Waals surface area contributed by atoms with Crippen LogP contribution in [-0.4, -0.2) is 32.2 Å². The van der Waals surface area contributed by atoms with Gasteiger partial charge < -0.3 is 19.5 Å². The number of carbonyl (C=O) groups excluding carboxylic acids is 1. The van der Waals surface area contributed by atoms with Crippen LogP contribution in [-0.2, 0) is 11.2 Å². The molecule has 1 N–H and O–H groups in total. The molecule has 1 amide bonds. The largest absolute Gasteiger partial charge is 0.493 e. The first-order valence-corrected chi connectivity index (χ1v) is 10.0. The van der Waals surface area contributed by atoms with E-state index in [4.69, 9.17) is 14.2 Å². The van der Waals surface area contributed by atoms with Crippen LogP contribution in [0.2, 0.25) is 0 Å². The van der Waals surface area contributed by atoms with Crippen molar-refractivity contribution in [2.75, 3.05) is 26.6 Å². The number of aromatic nitrogens is 1. The molecular formula is C20H19BrN2O4S. The lowest BCUT2D eigenvalue weighted by Gasteiger charge is -2.14. The fraction of sp³-hybridized carbons (Fsp3) is 0.200. The summed E-state index contributed by atoms with van der Waals surface area (Å²) >= 11 is 4.97. The zero-order valence-electron chi connectivity index (χ0n) is 15.6. The lowest BCUT2D eigenvalue weighted by atomic mass is 10.2. The summed E-state index contributed by atoms with van der Waals surface area (Å²) in [6, 6.07) is 11.3. The fourth-order valence-electron chi connectivity index (χ4n) is 2.67. The molecule has 6 nitrogen and oxygen atoms in total. The van der Waals surface area contributed by atoms with Gasteiger partial charge in [-0.25, -0.2) is 4.98 Å². The molecule has 8 heteroatoms. The highest BCUT2D eigenvalue weighted by Gasteiger charge is 2.15. The van der Waals surface area contributed by atoms with Crippen LogP contribution in [0.4, 0.5) is 5.69 Å². The summed E-state index contributed by atoms with van der Waals surface area (Å²) in [6.45, 7) is 0. The average Bonchev–Trinajstić information content (AvgIpc) is 3.15. The van der Waals surface area contributed by atoms with Crippen LogP contribution in [0, 0.1) is 0 Å². The van der Waals surface area contributed by atoms with E-state index in [1.54, 1.807) is 12.1 Å². The van der Waals surface area contributed by atoms with Crippen molar-refractivity contribution in [1.82, 2.24) is 4.98 Å². The zero-order valence-corrected chi connectivity index (χ0v) is 18.0. The Balaban J connectivity index is 1.73. The number of benzene rings is 2. The van der Waals surface area contributed by atoms with E-state index in [1.165, 1.54) is 32.7 Å². The average molecular weight is 463 g/mol. The maximum Gasteiger partial charge on any atom is 0.230 e. The van der Waals surface area contributed by atoms with Gasteiger partial charge in [-0.15, -0.1) is 11.3 Å². The van der Waals surface area contributed by atoms with E-state index in [-0.39, 0.29) is 12.3 Å². The summed E-state index contributed by atoms with van der Waals surface area (Å²) < 4.78 is 16.9. The number of hydrogen-bond donors (Lipinski definition) is 1. The van der Waals surface area contributed by atoms with Crippen molar-refractivity contribution in [3.05, 3.63) is 51.9 Å². The van der Waals surface area contributed by atoms with Crippen molar-refractivity contribution in [2.45, 2.75) is 6.42 Å². The zero-order chi connectivity index (χ0) is 20.1. The third-order valence-corrected chi connectivity index (χ3v) is 5.35. The number of hydrogen-bond acceptors (Lipinski definition) is 6. The molecule has 3 aromatic rings. The van der Waals surface area contributed by atoms with Crippen LogP contribution >= 0.6 is 27.3 Å². The molecule has 2 aromatic carbocycles. The van der Waals surface area contributed by atoms with Gasteiger partial charge in [-0.2, -0.15) is 0 Å². The Morgan fingerprint density at radius 1 is 1.11 bits per heavy atom. The molecule has 0 radical (unpaired) electrons. The van der Waals surface area contributed by atoms with Crippen LogP contribution in [0.15, 0.2) is 46.3 Å². The Kier molecular flexibility index (Phi) is 6.53. The molecule has 0 aliphatic heterocycles. The van der Waals surface area contributed by atoms with Gasteiger partial charge in [0, 0.05) is 33.2 Å². The van der Waals surface area contributed by atoms with Crippen LogP contribution in [0.25, 0.3) is 10.6 Å². The van der Waals surface area contributed by atoms with Gasteiger partial charge in [-0.1, -0.05) is 28.1 Å². The first kappa shape index (κ1) is 20.2. The molecule has 0 saturated carbocycles. The van der Waals surface area contributed by atoms with E-state index in [9.17, 15) is 4.79 Å². The number of carbonyl (C=O) groups is 1. The highest BCUT2D eigenvalue weighted by atomic mass is 79.9. The Morgan fingerprint density at radius 2 is 1.82 bits per heavy atom. The summed E-state index contributed by atoms with van der Waals surface area (Å²) in [4.78, 5) is 17.0. The topological polar surface area (TPSA) is 69.7 Å². The second-order valence-corrected chi connectivity index (χ2v) is 7.57. The molecule has 0 aliphatic carbocycles. The molecule has 0 fully saturated rings. The molecule has 0 aliphatic rings. The monoisotopic (exact) mass is 462 g/mol. The van der Waals surface area contributed by atoms with Crippen molar-refractivity contribution in [2.24, 2.45) is 0 Å². The van der Waals surface area contributed by atoms with Gasteiger partial charge in [-0.05, 0) is 12.1 Å². The number of halogens is 1. The molecular weight excluding hydrogens is 444 g/mol. The lowest BCUT2D eigenvalue weighted by molar-refractivity contribution is -0.115. The van der Waals surface area contributed by atoms with Crippen LogP contribution in [0.5, 0.6) is 17.2 Å². The molecule has 0 spiro atoms. The number of ether oxygens (including phenoxy) is 3. The summed E-state index contributed by atoms with van der Waals surface area (Å²) in [6.07, 6.45) is 0.168. The van der Waals surface area contributed by atoms with Gasteiger partial charge in [0.2, 0.25) is 11.7 Å². The van der Waals surface area contributed by atoms with E-state index < -0.39 is 0 Å². The molecule has 3 rings (SSSR count). The molecule has 146 valence electrons. The predicted molar refractivity (Wildman–Crippen MR) is 114 cm³/mol. The molecule has 0 atom stereocenters. The van der Waals surface area contributed by atoms with E-state index in [0.29, 0.717) is 28.6 Å². The minimum Gasteiger partial charge on any atom is -0.493 e. The third kappa shape index (κ3) is 4.63. The number of rotatable bonds is 7. The summed E-state index contributed by atoms with van der Waals surface area (Å²) in [5.41, 5.74) is 2.28. The van der Waals surface area contributed by atoms with E-state index >= 15 is 0 Å². The predicted octanol–water partition coefficient (Wildman–Crippen LogP) is 4.78. The molecule has 1 heterocycles. The summed E-state index contributed by atoms with van der Waals surface area (Å²) in [5, 5.41) is 5.62. The van der Waals surface area contributed by atoms with Crippen LogP contribution in [0.3, 0.4) is 0 Å². The Morgan fingerprint density at radius 3 is 2.43 bits per heavy atom. The van der Waals surface area contributed by atoms with E-state index in [0.717, 1.165) is 15.0 Å². The first-order valence-electron chi connectivity index (χ1n) is 8.34. The maximum absolute atomic E-state index is 12.5. The summed E-state index contributed by atoms with van der Waals surface area (Å²) in [5.74, 6) is 1.24. The van der Waals surface area contributed by atoms with Crippen molar-refractivity contribution < 1.29 is 19.0 Å². The maximum atomic E-state index is 12.5. The molecule has 1 aromatic heterocycles. The smallest absolute Gasteiger partial charge is 0.230 e. The van der Waals surface area contributed by atoms with Crippen molar-refractivity contribution in [3.63, 3.8) is 0 Å². The molecule has 0 bridgehead atoms. The van der Waals surface area contributed by atoms with Gasteiger partial charge in [0.15, 0.2) is 11.5 Å². The first-order chi connectivity index (χ1) is 13.5. The number of amides is 1. The highest BCUT2D eigenvalue weighted by Crippen LogP contribution is 2.40. The lowest BCUT2D eigenvalue weighted by Crippen LogP contribution is -2.15. The van der Waals surface area contributed by atoms with Gasteiger partial charge in [-0.3, -0.25) is 4.79 Å². The minimum atomic E-state index is -0.180. The Bertz CT molecular complexity index is 965. The number of anilines is 1. The van der Waals surface area contributed by atoms with Gasteiger partial charge in [0.05, 0.1) is 33.4 Å². The SMILES string of the molecule is COc1cc(NC(=O)Cc2csc(-c3cccc(Br)c3)n2)cc(OC)c1OC. The van der Waals surface area contributed by atoms with Gasteiger partial charge in [0.1, 0.15) is 5.01 Å². The highest BCUT2D eigenvalue weighted by molar-refractivity contribution is 9.10. The Labute approximate surface area is 175 Å². The van der Waals surface area contributed by atoms with Crippen molar-refractivity contribution in [1.29, 1.82) is 0 Å². The normalized spacial score (nSPS) is 10.4. The number of nitrogens with one attached hydrogen (secondary N) is 1. The minimum absolute atomic E-state index is 0.168. The molecule has 0 unspecified atom stereocenters. The number of thiazole rings is 1. The van der Waals surface area contributed by atoms with Crippen LogP contribution < -0.4 is 19.5 Å². The van der Waals surface area contributed by atoms with Crippen molar-refractivity contribution in [3.8, 4) is 27.8 Å². The van der Waals surface area contributed by atoms with E-state index in [1.807, 2.05) is 29.6 Å². The second-order valence-electron chi connectivity index (χ2n) is 5.79. The summed E-state index contributed by atoms with van der Waals surface area (Å²) in [7, 11) is 4.59. The van der Waals surface area contributed by atoms with E-state index in [2.05, 4.69) is 26.2 Å². The quantitative estimate of drug-likeness (QED) is 0.546.